The summed E-state index contributed by atoms with van der Waals surface area (Å²) in [5, 5.41) is 10.7. The van der Waals surface area contributed by atoms with Crippen LogP contribution in [0.2, 0.25) is 0 Å². The van der Waals surface area contributed by atoms with Gasteiger partial charge in [0.25, 0.3) is 5.91 Å². The highest BCUT2D eigenvalue weighted by atomic mass is 35.5. The zero-order chi connectivity index (χ0) is 27.4. The van der Waals surface area contributed by atoms with Gasteiger partial charge in [-0.2, -0.15) is 0 Å². The van der Waals surface area contributed by atoms with E-state index in [1.807, 2.05) is 66.7 Å². The van der Waals surface area contributed by atoms with Gasteiger partial charge in [-0.3, -0.25) is 9.69 Å². The predicted octanol–water partition coefficient (Wildman–Crippen LogP) is 6.36. The molecule has 1 unspecified atom stereocenters. The molecule has 0 saturated carbocycles. The monoisotopic (exact) mass is 606 g/mol. The van der Waals surface area contributed by atoms with Crippen LogP contribution in [-0.2, 0) is 6.54 Å². The van der Waals surface area contributed by atoms with E-state index < -0.39 is 11.9 Å². The van der Waals surface area contributed by atoms with Crippen molar-refractivity contribution in [2.45, 2.75) is 18.7 Å². The number of amides is 1. The van der Waals surface area contributed by atoms with Crippen molar-refractivity contribution >= 4 is 41.8 Å². The van der Waals surface area contributed by atoms with Crippen molar-refractivity contribution in [1.82, 2.24) is 19.8 Å². The third-order valence-electron chi connectivity index (χ3n) is 7.73. The summed E-state index contributed by atoms with van der Waals surface area (Å²) >= 11 is 0. The quantitative estimate of drug-likeness (QED) is 0.235. The van der Waals surface area contributed by atoms with Gasteiger partial charge in [-0.05, 0) is 72.3 Å². The number of carbonyl (C=O) groups is 1. The maximum atomic E-state index is 14.4. The third-order valence-corrected chi connectivity index (χ3v) is 7.73. The van der Waals surface area contributed by atoms with Crippen LogP contribution in [0.15, 0.2) is 84.9 Å². The zero-order valence-electron chi connectivity index (χ0n) is 22.7. The molecule has 1 saturated heterocycles. The van der Waals surface area contributed by atoms with Gasteiger partial charge in [0.1, 0.15) is 35.3 Å². The molecule has 3 heterocycles. The van der Waals surface area contributed by atoms with Gasteiger partial charge < -0.3 is 19.7 Å². The van der Waals surface area contributed by atoms with Crippen LogP contribution in [0.4, 0.5) is 4.39 Å². The van der Waals surface area contributed by atoms with Crippen LogP contribution in [0.3, 0.4) is 0 Å². The van der Waals surface area contributed by atoms with E-state index in [1.165, 1.54) is 18.2 Å². The molecule has 1 fully saturated rings. The molecule has 2 N–H and O–H groups in total. The zero-order valence-corrected chi connectivity index (χ0v) is 24.3. The molecule has 0 spiro atoms. The number of halogens is 3. The number of ether oxygens (including phenoxy) is 1. The van der Waals surface area contributed by atoms with E-state index in [9.17, 15) is 14.3 Å². The Balaban J connectivity index is 0.00000176. The highest BCUT2D eigenvalue weighted by molar-refractivity contribution is 6.00. The van der Waals surface area contributed by atoms with Gasteiger partial charge in [0.2, 0.25) is 0 Å². The molecule has 5 aromatic rings. The van der Waals surface area contributed by atoms with Gasteiger partial charge in [-0.15, -0.1) is 24.8 Å². The first-order valence-electron chi connectivity index (χ1n) is 13.3. The van der Waals surface area contributed by atoms with E-state index >= 15 is 0 Å². The van der Waals surface area contributed by atoms with Gasteiger partial charge in [0.05, 0.1) is 11.0 Å². The topological polar surface area (TPSA) is 81.7 Å². The van der Waals surface area contributed by atoms with Crippen molar-refractivity contribution in [3.8, 4) is 22.6 Å². The number of phenols is 1. The van der Waals surface area contributed by atoms with Gasteiger partial charge in [0, 0.05) is 30.8 Å². The number of aromatic hydroxyl groups is 1. The summed E-state index contributed by atoms with van der Waals surface area (Å²) in [6, 6.07) is 24.3. The Labute approximate surface area is 254 Å². The summed E-state index contributed by atoms with van der Waals surface area (Å²) in [7, 11) is 2.07. The lowest BCUT2D eigenvalue weighted by molar-refractivity contribution is 0.0388. The number of aromatic amines is 1. The van der Waals surface area contributed by atoms with Gasteiger partial charge in [0.15, 0.2) is 0 Å². The highest BCUT2D eigenvalue weighted by Crippen LogP contribution is 2.40. The van der Waals surface area contributed by atoms with Gasteiger partial charge >= 0.3 is 0 Å². The average molecular weight is 608 g/mol. The van der Waals surface area contributed by atoms with Crippen LogP contribution in [0, 0.1) is 5.82 Å². The highest BCUT2D eigenvalue weighted by Gasteiger charge is 2.37. The molecule has 1 amide bonds. The molecule has 0 aliphatic carbocycles. The molecule has 4 aromatic carbocycles. The maximum Gasteiger partial charge on any atom is 0.255 e. The van der Waals surface area contributed by atoms with Crippen molar-refractivity contribution in [1.29, 1.82) is 0 Å². The molecule has 42 heavy (non-hydrogen) atoms. The molecule has 0 bridgehead atoms. The number of aromatic nitrogens is 2. The standard InChI is InChI=1S/C32H27FN4O3.2ClH/c1-36-17-24(18-36)40-23-11-8-19(9-12-23)20-6-7-21-16-37(32(39)25(21)14-20)30(26-15-22(33)10-13-29(26)38)31-34-27-4-2-3-5-28(27)35-31;;/h2-15,24,30,38H,16-18H2,1H3,(H,34,35);2*1H. The third kappa shape index (κ3) is 5.29. The van der Waals surface area contributed by atoms with E-state index in [2.05, 4.69) is 16.9 Å². The minimum Gasteiger partial charge on any atom is -0.508 e. The summed E-state index contributed by atoms with van der Waals surface area (Å²) in [5.41, 5.74) is 5.12. The summed E-state index contributed by atoms with van der Waals surface area (Å²) < 4.78 is 20.4. The second-order valence-corrected chi connectivity index (χ2v) is 10.5. The molecular formula is C32H29Cl2FN4O3. The fourth-order valence-electron chi connectivity index (χ4n) is 5.66. The molecule has 1 aromatic heterocycles. The Morgan fingerprint density at radius 2 is 1.71 bits per heavy atom. The van der Waals surface area contributed by atoms with E-state index in [0.717, 1.165) is 46.6 Å². The van der Waals surface area contributed by atoms with Crippen LogP contribution in [0.5, 0.6) is 11.5 Å². The van der Waals surface area contributed by atoms with Crippen molar-refractivity contribution in [2.75, 3.05) is 20.1 Å². The SMILES string of the molecule is CN1CC(Oc2ccc(-c3ccc4c(c3)C(=O)N(C(c3nc5ccccc5[nH]3)c3cc(F)ccc3O)C4)cc2)C1.Cl.Cl. The number of benzene rings is 4. The summed E-state index contributed by atoms with van der Waals surface area (Å²) in [6.07, 6.45) is 0.219. The molecule has 0 radical (unpaired) electrons. The minimum absolute atomic E-state index is 0. The number of hydrogen-bond acceptors (Lipinski definition) is 5. The summed E-state index contributed by atoms with van der Waals surface area (Å²) in [6.45, 7) is 2.15. The number of rotatable bonds is 6. The average Bonchev–Trinajstić information content (AvgIpc) is 3.51. The largest absolute Gasteiger partial charge is 0.508 e. The molecule has 2 aliphatic heterocycles. The molecule has 1 atom stereocenters. The van der Waals surface area contributed by atoms with Gasteiger partial charge in [-0.1, -0.05) is 36.4 Å². The molecular weight excluding hydrogens is 578 g/mol. The minimum atomic E-state index is -0.812. The lowest BCUT2D eigenvalue weighted by atomic mass is 10.0. The van der Waals surface area contributed by atoms with Crippen molar-refractivity contribution < 1.29 is 19.0 Å². The Kier molecular flexibility index (Phi) is 8.14. The van der Waals surface area contributed by atoms with Crippen molar-refractivity contribution in [3.05, 3.63) is 113 Å². The molecule has 216 valence electrons. The number of hydrogen-bond donors (Lipinski definition) is 2. The number of carbonyl (C=O) groups excluding carboxylic acids is 1. The number of para-hydroxylation sites is 2. The second-order valence-electron chi connectivity index (χ2n) is 10.5. The molecule has 10 heteroatoms. The van der Waals surface area contributed by atoms with Crippen molar-refractivity contribution in [3.63, 3.8) is 0 Å². The Morgan fingerprint density at radius 1 is 0.976 bits per heavy atom. The number of phenolic OH excluding ortho intramolecular Hbond substituents is 1. The van der Waals surface area contributed by atoms with Crippen LogP contribution in [0.25, 0.3) is 22.2 Å². The second kappa shape index (κ2) is 11.6. The number of nitrogens with zero attached hydrogens (tertiary/aromatic N) is 3. The summed E-state index contributed by atoms with van der Waals surface area (Å²) in [5.74, 6) is 0.467. The van der Waals surface area contributed by atoms with Crippen LogP contribution in [0.1, 0.15) is 33.4 Å². The fourth-order valence-corrected chi connectivity index (χ4v) is 5.66. The smallest absolute Gasteiger partial charge is 0.255 e. The fraction of sp³-hybridized carbons (Fsp3) is 0.188. The Morgan fingerprint density at radius 3 is 2.45 bits per heavy atom. The molecule has 7 nitrogen and oxygen atoms in total. The molecule has 2 aliphatic rings. The normalized spacial score (nSPS) is 15.5. The number of likely N-dealkylation sites (tertiary alicyclic amines) is 1. The van der Waals surface area contributed by atoms with E-state index in [0.29, 0.717) is 17.9 Å². The maximum absolute atomic E-state index is 14.4. The lowest BCUT2D eigenvalue weighted by Gasteiger charge is -2.36. The van der Waals surface area contributed by atoms with E-state index in [4.69, 9.17) is 9.72 Å². The number of fused-ring (bicyclic) bond motifs is 2. The number of H-pyrrole nitrogens is 1. The van der Waals surface area contributed by atoms with Crippen LogP contribution >= 0.6 is 24.8 Å². The first-order chi connectivity index (χ1) is 19.4. The number of nitrogens with one attached hydrogen (secondary N) is 1. The lowest BCUT2D eigenvalue weighted by Crippen LogP contribution is -2.51. The number of likely N-dealkylation sites (N-methyl/N-ethyl adjacent to an activating group) is 1. The first-order valence-corrected chi connectivity index (χ1v) is 13.3. The van der Waals surface area contributed by atoms with E-state index in [1.54, 1.807) is 4.90 Å². The Bertz CT molecular complexity index is 1720. The van der Waals surface area contributed by atoms with Crippen LogP contribution < -0.4 is 4.74 Å². The molecule has 7 rings (SSSR count). The van der Waals surface area contributed by atoms with E-state index in [-0.39, 0.29) is 48.1 Å². The first kappa shape index (κ1) is 29.4. The summed E-state index contributed by atoms with van der Waals surface area (Å²) in [4.78, 5) is 25.7. The predicted molar refractivity (Wildman–Crippen MR) is 164 cm³/mol. The van der Waals surface area contributed by atoms with Gasteiger partial charge in [-0.25, -0.2) is 9.37 Å². The van der Waals surface area contributed by atoms with Crippen LogP contribution in [-0.4, -0.2) is 57.0 Å². The van der Waals surface area contributed by atoms with Crippen molar-refractivity contribution in [2.24, 2.45) is 0 Å². The number of imidazole rings is 1. The Hall–Kier alpha value is -4.11.